The smallest absolute Gasteiger partial charge is 0.0674 e. The molecule has 2 atom stereocenters. The fourth-order valence-electron chi connectivity index (χ4n) is 2.48. The molecular weight excluding hydrogens is 292 g/mol. The number of hydrogen-bond donors (Lipinski definition) is 1. The van der Waals surface area contributed by atoms with Crippen molar-refractivity contribution >= 4 is 21.6 Å². The first-order valence-electron chi connectivity index (χ1n) is 6.49. The summed E-state index contributed by atoms with van der Waals surface area (Å²) in [6, 6.07) is 6.64. The van der Waals surface area contributed by atoms with Gasteiger partial charge in [0.15, 0.2) is 0 Å². The molecule has 3 nitrogen and oxygen atoms in total. The molecule has 2 rings (SSSR count). The van der Waals surface area contributed by atoms with Crippen LogP contribution in [0.25, 0.3) is 0 Å². The van der Waals surface area contributed by atoms with E-state index in [1.165, 1.54) is 5.56 Å². The minimum Gasteiger partial charge on any atom is -0.399 e. The van der Waals surface area contributed by atoms with Crippen molar-refractivity contribution in [1.29, 1.82) is 0 Å². The molecule has 2 unspecified atom stereocenters. The van der Waals surface area contributed by atoms with Gasteiger partial charge in [-0.05, 0) is 37.1 Å². The van der Waals surface area contributed by atoms with Gasteiger partial charge in [0.25, 0.3) is 0 Å². The maximum atomic E-state index is 5.89. The van der Waals surface area contributed by atoms with Crippen LogP contribution in [-0.2, 0) is 11.3 Å². The SMILES string of the molecule is CCC1COC(C)CN1Cc1cc(N)cc(Br)c1. The first kappa shape index (κ1) is 13.8. The summed E-state index contributed by atoms with van der Waals surface area (Å²) >= 11 is 3.50. The first-order chi connectivity index (χ1) is 8.58. The van der Waals surface area contributed by atoms with Crippen molar-refractivity contribution in [3.8, 4) is 0 Å². The lowest BCUT2D eigenvalue weighted by Gasteiger charge is -2.38. The van der Waals surface area contributed by atoms with Crippen LogP contribution in [0, 0.1) is 0 Å². The van der Waals surface area contributed by atoms with Crippen LogP contribution in [0.15, 0.2) is 22.7 Å². The maximum Gasteiger partial charge on any atom is 0.0674 e. The highest BCUT2D eigenvalue weighted by molar-refractivity contribution is 9.10. The van der Waals surface area contributed by atoms with Crippen LogP contribution in [0.4, 0.5) is 5.69 Å². The van der Waals surface area contributed by atoms with Gasteiger partial charge in [-0.25, -0.2) is 0 Å². The number of nitrogen functional groups attached to an aromatic ring is 1. The van der Waals surface area contributed by atoms with Crippen molar-refractivity contribution < 1.29 is 4.74 Å². The van der Waals surface area contributed by atoms with Crippen molar-refractivity contribution in [2.45, 2.75) is 39.0 Å². The predicted molar refractivity (Wildman–Crippen MR) is 78.5 cm³/mol. The fourth-order valence-corrected chi connectivity index (χ4v) is 3.04. The van der Waals surface area contributed by atoms with Gasteiger partial charge >= 0.3 is 0 Å². The third-order valence-corrected chi connectivity index (χ3v) is 3.88. The molecule has 0 aliphatic carbocycles. The highest BCUT2D eigenvalue weighted by atomic mass is 79.9. The van der Waals surface area contributed by atoms with E-state index < -0.39 is 0 Å². The molecule has 1 heterocycles. The monoisotopic (exact) mass is 312 g/mol. The molecule has 18 heavy (non-hydrogen) atoms. The number of hydrogen-bond acceptors (Lipinski definition) is 3. The van der Waals surface area contributed by atoms with Crippen molar-refractivity contribution in [1.82, 2.24) is 4.90 Å². The molecule has 0 bridgehead atoms. The Morgan fingerprint density at radius 2 is 2.22 bits per heavy atom. The second kappa shape index (κ2) is 6.04. The minimum atomic E-state index is 0.317. The van der Waals surface area contributed by atoms with Crippen molar-refractivity contribution in [3.05, 3.63) is 28.2 Å². The van der Waals surface area contributed by atoms with E-state index in [4.69, 9.17) is 10.5 Å². The molecule has 1 saturated heterocycles. The van der Waals surface area contributed by atoms with E-state index in [0.717, 1.165) is 36.3 Å². The second-order valence-electron chi connectivity index (χ2n) is 5.03. The van der Waals surface area contributed by atoms with Gasteiger partial charge in [-0.3, -0.25) is 4.90 Å². The molecule has 0 amide bonds. The second-order valence-corrected chi connectivity index (χ2v) is 5.94. The molecule has 0 radical (unpaired) electrons. The van der Waals surface area contributed by atoms with Crippen LogP contribution >= 0.6 is 15.9 Å². The van der Waals surface area contributed by atoms with Crippen LogP contribution in [-0.4, -0.2) is 30.2 Å². The molecular formula is C14H21BrN2O. The Morgan fingerprint density at radius 1 is 1.44 bits per heavy atom. The van der Waals surface area contributed by atoms with E-state index in [1.807, 2.05) is 6.07 Å². The fraction of sp³-hybridized carbons (Fsp3) is 0.571. The molecule has 1 aromatic rings. The highest BCUT2D eigenvalue weighted by Crippen LogP contribution is 2.22. The standard InChI is InChI=1S/C14H21BrN2O/c1-3-14-9-18-10(2)7-17(14)8-11-4-12(15)6-13(16)5-11/h4-6,10,14H,3,7-9,16H2,1-2H3. The van der Waals surface area contributed by atoms with Gasteiger partial charge in [0.05, 0.1) is 12.7 Å². The Morgan fingerprint density at radius 3 is 2.89 bits per heavy atom. The minimum absolute atomic E-state index is 0.317. The first-order valence-corrected chi connectivity index (χ1v) is 7.28. The van der Waals surface area contributed by atoms with Crippen molar-refractivity contribution in [2.75, 3.05) is 18.9 Å². The van der Waals surface area contributed by atoms with E-state index >= 15 is 0 Å². The topological polar surface area (TPSA) is 38.5 Å². The summed E-state index contributed by atoms with van der Waals surface area (Å²) < 4.78 is 6.77. The number of rotatable bonds is 3. The quantitative estimate of drug-likeness (QED) is 0.872. The molecule has 100 valence electrons. The van der Waals surface area contributed by atoms with Crippen molar-refractivity contribution in [2.24, 2.45) is 0 Å². The molecule has 0 aromatic heterocycles. The lowest BCUT2D eigenvalue weighted by Crippen LogP contribution is -2.47. The average Bonchev–Trinajstić information content (AvgIpc) is 2.27. The summed E-state index contributed by atoms with van der Waals surface area (Å²) in [5.41, 5.74) is 7.96. The maximum absolute atomic E-state index is 5.89. The Labute approximate surface area is 117 Å². The molecule has 1 aliphatic rings. The largest absolute Gasteiger partial charge is 0.399 e. The van der Waals surface area contributed by atoms with Gasteiger partial charge in [0, 0.05) is 29.3 Å². The van der Waals surface area contributed by atoms with Crippen LogP contribution in [0.5, 0.6) is 0 Å². The number of morpholine rings is 1. The van der Waals surface area contributed by atoms with Crippen LogP contribution < -0.4 is 5.73 Å². The lowest BCUT2D eigenvalue weighted by atomic mass is 10.1. The summed E-state index contributed by atoms with van der Waals surface area (Å²) in [5, 5.41) is 0. The number of ether oxygens (including phenoxy) is 1. The third-order valence-electron chi connectivity index (χ3n) is 3.42. The van der Waals surface area contributed by atoms with E-state index in [-0.39, 0.29) is 0 Å². The summed E-state index contributed by atoms with van der Waals surface area (Å²) in [4.78, 5) is 2.50. The molecule has 0 spiro atoms. The predicted octanol–water partition coefficient (Wildman–Crippen LogP) is 3.03. The summed E-state index contributed by atoms with van der Waals surface area (Å²) in [6.45, 7) is 7.11. The van der Waals surface area contributed by atoms with Crippen LogP contribution in [0.2, 0.25) is 0 Å². The Balaban J connectivity index is 2.10. The summed E-state index contributed by atoms with van der Waals surface area (Å²) in [6.07, 6.45) is 1.44. The zero-order valence-electron chi connectivity index (χ0n) is 11.0. The number of nitrogens with zero attached hydrogens (tertiary/aromatic N) is 1. The van der Waals surface area contributed by atoms with Gasteiger partial charge in [0.2, 0.25) is 0 Å². The Kier molecular flexibility index (Phi) is 4.65. The summed E-state index contributed by atoms with van der Waals surface area (Å²) in [5.74, 6) is 0. The van der Waals surface area contributed by atoms with Gasteiger partial charge in [-0.15, -0.1) is 0 Å². The van der Waals surface area contributed by atoms with Crippen LogP contribution in [0.3, 0.4) is 0 Å². The number of halogens is 1. The molecule has 2 N–H and O–H groups in total. The zero-order chi connectivity index (χ0) is 13.1. The molecule has 1 aromatic carbocycles. The molecule has 1 aliphatic heterocycles. The molecule has 1 fully saturated rings. The van der Waals surface area contributed by atoms with Crippen molar-refractivity contribution in [3.63, 3.8) is 0 Å². The number of nitrogens with two attached hydrogens (primary N) is 1. The zero-order valence-corrected chi connectivity index (χ0v) is 12.6. The highest BCUT2D eigenvalue weighted by Gasteiger charge is 2.25. The third kappa shape index (κ3) is 3.46. The average molecular weight is 313 g/mol. The number of anilines is 1. The van der Waals surface area contributed by atoms with E-state index in [0.29, 0.717) is 12.1 Å². The van der Waals surface area contributed by atoms with E-state index in [1.54, 1.807) is 0 Å². The van der Waals surface area contributed by atoms with E-state index in [9.17, 15) is 0 Å². The van der Waals surface area contributed by atoms with Crippen LogP contribution in [0.1, 0.15) is 25.8 Å². The van der Waals surface area contributed by atoms with E-state index in [2.05, 4.69) is 46.8 Å². The van der Waals surface area contributed by atoms with Gasteiger partial charge in [-0.2, -0.15) is 0 Å². The molecule has 0 saturated carbocycles. The number of benzene rings is 1. The van der Waals surface area contributed by atoms with Gasteiger partial charge < -0.3 is 10.5 Å². The Bertz CT molecular complexity index is 391. The lowest BCUT2D eigenvalue weighted by molar-refractivity contribution is -0.0591. The summed E-state index contributed by atoms with van der Waals surface area (Å²) in [7, 11) is 0. The van der Waals surface area contributed by atoms with Gasteiger partial charge in [0.1, 0.15) is 0 Å². The Hall–Kier alpha value is -0.580. The normalized spacial score (nSPS) is 25.3. The van der Waals surface area contributed by atoms with Gasteiger partial charge in [-0.1, -0.05) is 22.9 Å². The molecule has 4 heteroatoms.